The van der Waals surface area contributed by atoms with Crippen molar-refractivity contribution in [3.63, 3.8) is 0 Å². The highest BCUT2D eigenvalue weighted by molar-refractivity contribution is 7.80. The van der Waals surface area contributed by atoms with E-state index in [-0.39, 0.29) is 22.4 Å². The molecule has 1 unspecified atom stereocenters. The van der Waals surface area contributed by atoms with Gasteiger partial charge in [0.2, 0.25) is 5.91 Å². The van der Waals surface area contributed by atoms with Crippen LogP contribution in [0.3, 0.4) is 0 Å². The summed E-state index contributed by atoms with van der Waals surface area (Å²) in [5.74, 6) is -0.305. The number of nitrogens with one attached hydrogen (secondary N) is 1. The molecular formula is C18H21N3O2S. The summed E-state index contributed by atoms with van der Waals surface area (Å²) in [7, 11) is 0. The molecule has 2 aromatic rings. The predicted octanol–water partition coefficient (Wildman–Crippen LogP) is 2.63. The van der Waals surface area contributed by atoms with Gasteiger partial charge in [0.05, 0.1) is 0 Å². The van der Waals surface area contributed by atoms with Gasteiger partial charge in [0.25, 0.3) is 5.56 Å². The van der Waals surface area contributed by atoms with Gasteiger partial charge in [-0.1, -0.05) is 44.3 Å². The minimum absolute atomic E-state index is 0.0525. The maximum absolute atomic E-state index is 12.8. The Morgan fingerprint density at radius 2 is 1.96 bits per heavy atom. The minimum atomic E-state index is -0.606. The van der Waals surface area contributed by atoms with Gasteiger partial charge in [-0.15, -0.1) is 0 Å². The molecule has 0 aliphatic heterocycles. The number of rotatable bonds is 5. The number of hydrogen-bond donors (Lipinski definition) is 2. The number of thiocarbonyl (C=S) groups is 1. The fourth-order valence-electron chi connectivity index (χ4n) is 2.55. The number of amides is 1. The predicted molar refractivity (Wildman–Crippen MR) is 100 cm³/mol. The Kier molecular flexibility index (Phi) is 5.51. The van der Waals surface area contributed by atoms with Crippen molar-refractivity contribution < 1.29 is 4.79 Å². The van der Waals surface area contributed by atoms with E-state index in [0.717, 1.165) is 5.56 Å². The topological polar surface area (TPSA) is 77.1 Å². The number of nitrogens with two attached hydrogens (primary N) is 1. The van der Waals surface area contributed by atoms with Gasteiger partial charge in [-0.05, 0) is 30.5 Å². The summed E-state index contributed by atoms with van der Waals surface area (Å²) in [5.41, 5.74) is 7.61. The smallest absolute Gasteiger partial charge is 0.251 e. The second kappa shape index (κ2) is 7.40. The largest absolute Gasteiger partial charge is 0.389 e. The summed E-state index contributed by atoms with van der Waals surface area (Å²) in [6.45, 7) is 5.70. The van der Waals surface area contributed by atoms with E-state index in [2.05, 4.69) is 5.32 Å². The quantitative estimate of drug-likeness (QED) is 0.818. The molecule has 1 heterocycles. The first-order chi connectivity index (χ1) is 11.3. The van der Waals surface area contributed by atoms with Gasteiger partial charge in [0.1, 0.15) is 11.0 Å². The highest BCUT2D eigenvalue weighted by atomic mass is 32.1. The van der Waals surface area contributed by atoms with E-state index in [1.807, 2.05) is 20.8 Å². The lowest BCUT2D eigenvalue weighted by molar-refractivity contribution is -0.120. The molecule has 1 atom stereocenters. The highest BCUT2D eigenvalue weighted by Crippen LogP contribution is 2.20. The summed E-state index contributed by atoms with van der Waals surface area (Å²) in [4.78, 5) is 25.2. The van der Waals surface area contributed by atoms with Crippen molar-refractivity contribution >= 4 is 28.8 Å². The van der Waals surface area contributed by atoms with Crippen LogP contribution in [0.5, 0.6) is 0 Å². The van der Waals surface area contributed by atoms with E-state index in [1.54, 1.807) is 36.5 Å². The number of nitrogens with zero attached hydrogens (tertiary/aromatic N) is 1. The minimum Gasteiger partial charge on any atom is -0.389 e. The molecule has 126 valence electrons. The van der Waals surface area contributed by atoms with Crippen LogP contribution in [0.2, 0.25) is 0 Å². The lowest BCUT2D eigenvalue weighted by Gasteiger charge is -2.23. The zero-order chi connectivity index (χ0) is 17.9. The van der Waals surface area contributed by atoms with Crippen molar-refractivity contribution in [2.75, 3.05) is 5.32 Å². The molecule has 0 spiro atoms. The summed E-state index contributed by atoms with van der Waals surface area (Å²) in [5, 5.41) is 2.85. The third-order valence-electron chi connectivity index (χ3n) is 3.70. The van der Waals surface area contributed by atoms with Gasteiger partial charge in [-0.2, -0.15) is 0 Å². The first-order valence-corrected chi connectivity index (χ1v) is 8.10. The summed E-state index contributed by atoms with van der Waals surface area (Å²) >= 11 is 4.96. The van der Waals surface area contributed by atoms with Crippen LogP contribution in [0, 0.1) is 12.8 Å². The normalized spacial score (nSPS) is 12.0. The number of pyridine rings is 1. The Bertz CT molecular complexity index is 827. The van der Waals surface area contributed by atoms with Crippen LogP contribution in [0.1, 0.15) is 31.0 Å². The molecule has 1 aromatic heterocycles. The molecule has 2 rings (SSSR count). The van der Waals surface area contributed by atoms with E-state index >= 15 is 0 Å². The van der Waals surface area contributed by atoms with E-state index < -0.39 is 6.04 Å². The molecule has 0 saturated carbocycles. The monoisotopic (exact) mass is 343 g/mol. The van der Waals surface area contributed by atoms with E-state index in [9.17, 15) is 9.59 Å². The van der Waals surface area contributed by atoms with Crippen LogP contribution in [-0.2, 0) is 4.79 Å². The van der Waals surface area contributed by atoms with Crippen LogP contribution < -0.4 is 16.6 Å². The summed E-state index contributed by atoms with van der Waals surface area (Å²) < 4.78 is 1.48. The first kappa shape index (κ1) is 17.9. The molecule has 0 saturated heterocycles. The van der Waals surface area contributed by atoms with Gasteiger partial charge < -0.3 is 15.6 Å². The number of hydrogen-bond acceptors (Lipinski definition) is 3. The Morgan fingerprint density at radius 3 is 2.58 bits per heavy atom. The highest BCUT2D eigenvalue weighted by Gasteiger charge is 2.25. The molecule has 1 aromatic carbocycles. The molecule has 0 bridgehead atoms. The van der Waals surface area contributed by atoms with Crippen molar-refractivity contribution in [3.05, 3.63) is 64.1 Å². The second-order valence-corrected chi connectivity index (χ2v) is 6.51. The number of aromatic nitrogens is 1. The van der Waals surface area contributed by atoms with Gasteiger partial charge >= 0.3 is 0 Å². The standard InChI is InChI=1S/C18H21N3O2S/c1-11(2)16(21-10-12(3)7-8-15(21)22)18(23)20-14-6-4-5-13(9-14)17(19)24/h4-11,16H,1-3H3,(H2,19,24)(H,20,23). The van der Waals surface area contributed by atoms with E-state index in [0.29, 0.717) is 11.3 Å². The third kappa shape index (κ3) is 4.08. The molecule has 6 heteroatoms. The summed E-state index contributed by atoms with van der Waals surface area (Å²) in [6, 6.07) is 9.64. The molecule has 3 N–H and O–H groups in total. The van der Waals surface area contributed by atoms with Crippen LogP contribution in [-0.4, -0.2) is 15.5 Å². The number of aryl methyl sites for hydroxylation is 1. The number of carbonyl (C=O) groups is 1. The van der Waals surface area contributed by atoms with Gasteiger partial charge in [0.15, 0.2) is 0 Å². The molecule has 0 aliphatic rings. The van der Waals surface area contributed by atoms with Crippen LogP contribution in [0.4, 0.5) is 5.69 Å². The molecular weight excluding hydrogens is 322 g/mol. The van der Waals surface area contributed by atoms with Crippen LogP contribution in [0.25, 0.3) is 0 Å². The Hall–Kier alpha value is -2.47. The van der Waals surface area contributed by atoms with Crippen molar-refractivity contribution in [2.24, 2.45) is 11.7 Å². The Labute approximate surface area is 146 Å². The molecule has 5 nitrogen and oxygen atoms in total. The number of carbonyl (C=O) groups excluding carboxylic acids is 1. The number of anilines is 1. The third-order valence-corrected chi connectivity index (χ3v) is 3.94. The Morgan fingerprint density at radius 1 is 1.25 bits per heavy atom. The average molecular weight is 343 g/mol. The van der Waals surface area contributed by atoms with Gasteiger partial charge in [-0.3, -0.25) is 9.59 Å². The van der Waals surface area contributed by atoms with Crippen molar-refractivity contribution in [1.82, 2.24) is 4.57 Å². The maximum Gasteiger partial charge on any atom is 0.251 e. The van der Waals surface area contributed by atoms with Gasteiger partial charge in [-0.25, -0.2) is 0 Å². The molecule has 24 heavy (non-hydrogen) atoms. The molecule has 0 aliphatic carbocycles. The zero-order valence-electron chi connectivity index (χ0n) is 13.9. The maximum atomic E-state index is 12.8. The molecule has 0 radical (unpaired) electrons. The second-order valence-electron chi connectivity index (χ2n) is 6.08. The van der Waals surface area contributed by atoms with E-state index in [1.165, 1.54) is 10.6 Å². The van der Waals surface area contributed by atoms with Crippen molar-refractivity contribution in [1.29, 1.82) is 0 Å². The van der Waals surface area contributed by atoms with Crippen molar-refractivity contribution in [2.45, 2.75) is 26.8 Å². The lowest BCUT2D eigenvalue weighted by Crippen LogP contribution is -2.36. The average Bonchev–Trinajstić information content (AvgIpc) is 2.50. The fraction of sp³-hybridized carbons (Fsp3) is 0.278. The summed E-state index contributed by atoms with van der Waals surface area (Å²) in [6.07, 6.45) is 1.71. The lowest BCUT2D eigenvalue weighted by atomic mass is 10.0. The van der Waals surface area contributed by atoms with Crippen LogP contribution in [0.15, 0.2) is 47.4 Å². The number of benzene rings is 1. The van der Waals surface area contributed by atoms with Crippen molar-refractivity contribution in [3.8, 4) is 0 Å². The first-order valence-electron chi connectivity index (χ1n) is 7.69. The SMILES string of the molecule is Cc1ccc(=O)n(C(C(=O)Nc2cccc(C(N)=S)c2)C(C)C)c1. The van der Waals surface area contributed by atoms with Gasteiger partial charge in [0, 0.05) is 23.5 Å². The Balaban J connectivity index is 2.34. The molecule has 0 fully saturated rings. The van der Waals surface area contributed by atoms with Crippen LogP contribution >= 0.6 is 12.2 Å². The van der Waals surface area contributed by atoms with E-state index in [4.69, 9.17) is 18.0 Å². The molecule has 1 amide bonds. The zero-order valence-corrected chi connectivity index (χ0v) is 14.8. The fourth-order valence-corrected chi connectivity index (χ4v) is 2.68.